The Balaban J connectivity index is 2.53. The molecule has 0 aromatic carbocycles. The number of nitrogens with one attached hydrogen (secondary N) is 1. The highest BCUT2D eigenvalue weighted by Gasteiger charge is 2.19. The number of hydrogen-bond acceptors (Lipinski definition) is 3. The molecule has 14 heavy (non-hydrogen) atoms. The van der Waals surface area contributed by atoms with E-state index in [1.165, 1.54) is 0 Å². The van der Waals surface area contributed by atoms with Gasteiger partial charge in [-0.25, -0.2) is 0 Å². The maximum Gasteiger partial charge on any atom is 0.120 e. The van der Waals surface area contributed by atoms with Crippen LogP contribution in [0.1, 0.15) is 25.1 Å². The summed E-state index contributed by atoms with van der Waals surface area (Å²) in [5.74, 6) is 1.50. The highest BCUT2D eigenvalue weighted by Crippen LogP contribution is 2.24. The van der Waals surface area contributed by atoms with Crippen LogP contribution in [0, 0.1) is 5.92 Å². The van der Waals surface area contributed by atoms with Gasteiger partial charge in [0.1, 0.15) is 5.76 Å². The summed E-state index contributed by atoms with van der Waals surface area (Å²) in [5, 5.41) is 3.26. The minimum atomic E-state index is 0.278. The molecule has 0 aliphatic rings. The maximum absolute atomic E-state index is 5.38. The van der Waals surface area contributed by atoms with Gasteiger partial charge in [0, 0.05) is 13.7 Å². The largest absolute Gasteiger partial charge is 0.468 e. The van der Waals surface area contributed by atoms with Crippen LogP contribution in [0.3, 0.4) is 0 Å². The van der Waals surface area contributed by atoms with Crippen molar-refractivity contribution in [1.29, 1.82) is 0 Å². The fourth-order valence-electron chi connectivity index (χ4n) is 1.65. The van der Waals surface area contributed by atoms with Gasteiger partial charge >= 0.3 is 0 Å². The van der Waals surface area contributed by atoms with E-state index in [1.807, 2.05) is 19.2 Å². The zero-order valence-electron chi connectivity index (χ0n) is 9.12. The predicted molar refractivity (Wildman–Crippen MR) is 56.2 cm³/mol. The Morgan fingerprint density at radius 2 is 2.36 bits per heavy atom. The monoisotopic (exact) mass is 197 g/mol. The molecule has 0 aliphatic carbocycles. The molecule has 0 fully saturated rings. The first-order valence-corrected chi connectivity index (χ1v) is 4.99. The molecule has 1 aromatic heterocycles. The Bertz CT molecular complexity index is 233. The summed E-state index contributed by atoms with van der Waals surface area (Å²) in [6.45, 7) is 2.99. The van der Waals surface area contributed by atoms with Crippen LogP contribution in [-0.2, 0) is 4.74 Å². The second-order valence-electron chi connectivity index (χ2n) is 3.54. The van der Waals surface area contributed by atoms with Gasteiger partial charge in [0.2, 0.25) is 0 Å². The summed E-state index contributed by atoms with van der Waals surface area (Å²) in [7, 11) is 3.69. The Labute approximate surface area is 85.4 Å². The first kappa shape index (κ1) is 11.3. The summed E-state index contributed by atoms with van der Waals surface area (Å²) in [6.07, 6.45) is 2.74. The lowest BCUT2D eigenvalue weighted by Gasteiger charge is -2.21. The molecule has 1 N–H and O–H groups in total. The minimum absolute atomic E-state index is 0.278. The molecule has 80 valence electrons. The van der Waals surface area contributed by atoms with E-state index in [0.29, 0.717) is 5.92 Å². The van der Waals surface area contributed by atoms with Gasteiger partial charge in [-0.2, -0.15) is 0 Å². The van der Waals surface area contributed by atoms with E-state index in [9.17, 15) is 0 Å². The molecular formula is C11H19NO2. The second-order valence-corrected chi connectivity index (χ2v) is 3.54. The Morgan fingerprint density at radius 3 is 2.86 bits per heavy atom. The fraction of sp³-hybridized carbons (Fsp3) is 0.636. The molecule has 0 bridgehead atoms. The van der Waals surface area contributed by atoms with Crippen molar-refractivity contribution in [2.75, 3.05) is 20.8 Å². The number of furan rings is 1. The van der Waals surface area contributed by atoms with E-state index in [2.05, 4.69) is 12.2 Å². The number of ether oxygens (including phenoxy) is 1. The third kappa shape index (κ3) is 2.86. The van der Waals surface area contributed by atoms with E-state index in [0.717, 1.165) is 18.8 Å². The molecule has 1 rings (SSSR count). The number of rotatable bonds is 6. The van der Waals surface area contributed by atoms with Crippen LogP contribution in [0.25, 0.3) is 0 Å². The smallest absolute Gasteiger partial charge is 0.120 e. The first-order valence-electron chi connectivity index (χ1n) is 4.99. The van der Waals surface area contributed by atoms with Gasteiger partial charge < -0.3 is 14.5 Å². The van der Waals surface area contributed by atoms with Crippen LogP contribution in [0.4, 0.5) is 0 Å². The van der Waals surface area contributed by atoms with Crippen molar-refractivity contribution in [2.24, 2.45) is 5.92 Å². The van der Waals surface area contributed by atoms with Crippen molar-refractivity contribution in [3.8, 4) is 0 Å². The van der Waals surface area contributed by atoms with Crippen molar-refractivity contribution in [3.05, 3.63) is 24.2 Å². The Hall–Kier alpha value is -0.800. The van der Waals surface area contributed by atoms with E-state index >= 15 is 0 Å². The van der Waals surface area contributed by atoms with Crippen molar-refractivity contribution in [2.45, 2.75) is 19.4 Å². The molecule has 0 amide bonds. The van der Waals surface area contributed by atoms with E-state index in [-0.39, 0.29) is 6.04 Å². The SMILES string of the molecule is CNC(c1ccco1)C(C)CCOC. The van der Waals surface area contributed by atoms with E-state index in [1.54, 1.807) is 13.4 Å². The van der Waals surface area contributed by atoms with E-state index in [4.69, 9.17) is 9.15 Å². The topological polar surface area (TPSA) is 34.4 Å². The van der Waals surface area contributed by atoms with Crippen LogP contribution in [0.2, 0.25) is 0 Å². The molecule has 1 aromatic rings. The average molecular weight is 197 g/mol. The molecule has 2 unspecified atom stereocenters. The third-order valence-electron chi connectivity index (χ3n) is 2.51. The summed E-state index contributed by atoms with van der Waals surface area (Å²) in [5.41, 5.74) is 0. The van der Waals surface area contributed by atoms with Gasteiger partial charge in [0.15, 0.2) is 0 Å². The fourth-order valence-corrected chi connectivity index (χ4v) is 1.65. The maximum atomic E-state index is 5.38. The van der Waals surface area contributed by atoms with Crippen molar-refractivity contribution < 1.29 is 9.15 Å². The molecule has 3 heteroatoms. The summed E-state index contributed by atoms with van der Waals surface area (Å²) in [4.78, 5) is 0. The van der Waals surface area contributed by atoms with E-state index < -0.39 is 0 Å². The number of methoxy groups -OCH3 is 1. The Morgan fingerprint density at radius 1 is 1.57 bits per heavy atom. The van der Waals surface area contributed by atoms with Crippen LogP contribution < -0.4 is 5.32 Å². The minimum Gasteiger partial charge on any atom is -0.468 e. The van der Waals surface area contributed by atoms with Crippen LogP contribution in [-0.4, -0.2) is 20.8 Å². The lowest BCUT2D eigenvalue weighted by atomic mass is 9.97. The average Bonchev–Trinajstić information content (AvgIpc) is 2.69. The molecule has 1 heterocycles. The lowest BCUT2D eigenvalue weighted by Crippen LogP contribution is -2.23. The first-order chi connectivity index (χ1) is 6.79. The van der Waals surface area contributed by atoms with Crippen molar-refractivity contribution >= 4 is 0 Å². The van der Waals surface area contributed by atoms with Crippen LogP contribution >= 0.6 is 0 Å². The van der Waals surface area contributed by atoms with Crippen molar-refractivity contribution in [3.63, 3.8) is 0 Å². The molecule has 2 atom stereocenters. The zero-order valence-corrected chi connectivity index (χ0v) is 9.12. The number of hydrogen-bond donors (Lipinski definition) is 1. The molecule has 0 saturated carbocycles. The summed E-state index contributed by atoms with van der Waals surface area (Å²) in [6, 6.07) is 4.20. The highest BCUT2D eigenvalue weighted by molar-refractivity contribution is 5.05. The van der Waals surface area contributed by atoms with Gasteiger partial charge in [-0.05, 0) is 31.5 Å². The molecule has 0 aliphatic heterocycles. The lowest BCUT2D eigenvalue weighted by molar-refractivity contribution is 0.168. The van der Waals surface area contributed by atoms with Gasteiger partial charge in [-0.15, -0.1) is 0 Å². The molecule has 0 saturated heterocycles. The van der Waals surface area contributed by atoms with Crippen molar-refractivity contribution in [1.82, 2.24) is 5.32 Å². The van der Waals surface area contributed by atoms with Gasteiger partial charge in [-0.3, -0.25) is 0 Å². The summed E-state index contributed by atoms with van der Waals surface area (Å²) >= 11 is 0. The standard InChI is InChI=1S/C11H19NO2/c1-9(6-8-13-3)11(12-2)10-5-4-7-14-10/h4-5,7,9,11-12H,6,8H2,1-3H3. The molecule has 3 nitrogen and oxygen atoms in total. The molecule has 0 spiro atoms. The quantitative estimate of drug-likeness (QED) is 0.759. The molecule has 0 radical (unpaired) electrons. The third-order valence-corrected chi connectivity index (χ3v) is 2.51. The highest BCUT2D eigenvalue weighted by atomic mass is 16.5. The normalized spacial score (nSPS) is 15.4. The zero-order chi connectivity index (χ0) is 10.4. The second kappa shape index (κ2) is 5.83. The van der Waals surface area contributed by atoms with Gasteiger partial charge in [-0.1, -0.05) is 6.92 Å². The van der Waals surface area contributed by atoms with Gasteiger partial charge in [0.25, 0.3) is 0 Å². The van der Waals surface area contributed by atoms with Gasteiger partial charge in [0.05, 0.1) is 12.3 Å². The Kier molecular flexibility index (Phi) is 4.70. The summed E-state index contributed by atoms with van der Waals surface area (Å²) < 4.78 is 10.5. The molecular weight excluding hydrogens is 178 g/mol. The predicted octanol–water partition coefficient (Wildman–Crippen LogP) is 2.21. The van der Waals surface area contributed by atoms with Crippen LogP contribution in [0.5, 0.6) is 0 Å². The van der Waals surface area contributed by atoms with Crippen LogP contribution in [0.15, 0.2) is 22.8 Å².